The van der Waals surface area contributed by atoms with Crippen molar-refractivity contribution in [3.63, 3.8) is 0 Å². The number of hydrogen-bond donors (Lipinski definition) is 1. The number of rotatable bonds is 5. The number of methoxy groups -OCH3 is 1. The monoisotopic (exact) mass is 252 g/mol. The van der Waals surface area contributed by atoms with Crippen LogP contribution in [-0.2, 0) is 4.74 Å². The predicted molar refractivity (Wildman–Crippen MR) is 66.8 cm³/mol. The van der Waals surface area contributed by atoms with Gasteiger partial charge in [0.25, 0.3) is 0 Å². The lowest BCUT2D eigenvalue weighted by atomic mass is 10.1. The van der Waals surface area contributed by atoms with E-state index in [1.165, 1.54) is 6.07 Å². The van der Waals surface area contributed by atoms with Crippen LogP contribution >= 0.6 is 0 Å². The van der Waals surface area contributed by atoms with E-state index in [1.807, 2.05) is 6.92 Å². The van der Waals surface area contributed by atoms with Gasteiger partial charge in [0.1, 0.15) is 11.9 Å². The maximum Gasteiger partial charge on any atom is 0.170 e. The van der Waals surface area contributed by atoms with Crippen molar-refractivity contribution in [2.24, 2.45) is 0 Å². The third-order valence-electron chi connectivity index (χ3n) is 3.03. The summed E-state index contributed by atoms with van der Waals surface area (Å²) >= 11 is 0. The zero-order valence-electron chi connectivity index (χ0n) is 10.5. The quantitative estimate of drug-likeness (QED) is 0.886. The number of aliphatic hydroxyl groups excluding tert-OH is 1. The topological polar surface area (TPSA) is 42.6 Å². The summed E-state index contributed by atoms with van der Waals surface area (Å²) in [4.78, 5) is 0. The third kappa shape index (κ3) is 2.40. The zero-order valence-corrected chi connectivity index (χ0v) is 10.5. The number of furan rings is 1. The van der Waals surface area contributed by atoms with Crippen molar-refractivity contribution < 1.29 is 18.7 Å². The SMILES string of the molecule is CCCC(OC)C(O)c1cc2cccc(F)c2o1. The normalized spacial score (nSPS) is 14.9. The minimum atomic E-state index is -0.873. The lowest BCUT2D eigenvalue weighted by Crippen LogP contribution is -2.20. The number of hydrogen-bond acceptors (Lipinski definition) is 3. The molecule has 0 spiro atoms. The standard InChI is InChI=1S/C14H17FO3/c1-3-5-11(17-2)13(16)12-8-9-6-4-7-10(15)14(9)18-12/h4,6-8,11,13,16H,3,5H2,1-2H3. The van der Waals surface area contributed by atoms with Crippen molar-refractivity contribution in [1.29, 1.82) is 0 Å². The molecule has 2 aromatic rings. The Morgan fingerprint density at radius 2 is 2.22 bits per heavy atom. The molecule has 3 nitrogen and oxygen atoms in total. The predicted octanol–water partition coefficient (Wildman–Crippen LogP) is 3.42. The van der Waals surface area contributed by atoms with Crippen molar-refractivity contribution in [3.8, 4) is 0 Å². The van der Waals surface area contributed by atoms with Crippen LogP contribution in [0.5, 0.6) is 0 Å². The van der Waals surface area contributed by atoms with Crippen LogP contribution in [0.2, 0.25) is 0 Å². The third-order valence-corrected chi connectivity index (χ3v) is 3.03. The van der Waals surface area contributed by atoms with Crippen LogP contribution < -0.4 is 0 Å². The molecule has 0 saturated heterocycles. The van der Waals surface area contributed by atoms with Gasteiger partial charge >= 0.3 is 0 Å². The van der Waals surface area contributed by atoms with Crippen LogP contribution in [0.1, 0.15) is 31.6 Å². The van der Waals surface area contributed by atoms with E-state index in [-0.39, 0.29) is 11.7 Å². The first-order chi connectivity index (χ1) is 8.67. The fraction of sp³-hybridized carbons (Fsp3) is 0.429. The second-order valence-electron chi connectivity index (χ2n) is 4.31. The molecule has 0 aliphatic heterocycles. The molecule has 0 aliphatic rings. The molecular weight excluding hydrogens is 235 g/mol. The van der Waals surface area contributed by atoms with Crippen LogP contribution in [0.4, 0.5) is 4.39 Å². The summed E-state index contributed by atoms with van der Waals surface area (Å²) in [5, 5.41) is 10.8. The summed E-state index contributed by atoms with van der Waals surface area (Å²) in [6, 6.07) is 6.36. The molecule has 98 valence electrons. The maximum atomic E-state index is 13.5. The number of benzene rings is 1. The Hall–Kier alpha value is -1.39. The van der Waals surface area contributed by atoms with Gasteiger partial charge in [-0.05, 0) is 18.6 Å². The fourth-order valence-electron chi connectivity index (χ4n) is 2.07. The van der Waals surface area contributed by atoms with E-state index in [4.69, 9.17) is 9.15 Å². The summed E-state index contributed by atoms with van der Waals surface area (Å²) in [6.07, 6.45) is 0.404. The minimum Gasteiger partial charge on any atom is -0.455 e. The van der Waals surface area contributed by atoms with E-state index in [0.717, 1.165) is 12.8 Å². The van der Waals surface area contributed by atoms with Gasteiger partial charge in [-0.25, -0.2) is 4.39 Å². The molecule has 4 heteroatoms. The first kappa shape index (κ1) is 13.1. The Morgan fingerprint density at radius 3 is 2.83 bits per heavy atom. The second kappa shape index (κ2) is 5.50. The van der Waals surface area contributed by atoms with E-state index in [2.05, 4.69) is 0 Å². The molecule has 0 aliphatic carbocycles. The van der Waals surface area contributed by atoms with E-state index in [0.29, 0.717) is 11.1 Å². The van der Waals surface area contributed by atoms with Crippen LogP contribution in [0.3, 0.4) is 0 Å². The molecule has 0 fully saturated rings. The Balaban J connectivity index is 2.32. The van der Waals surface area contributed by atoms with Gasteiger partial charge in [-0.2, -0.15) is 0 Å². The van der Waals surface area contributed by atoms with E-state index in [1.54, 1.807) is 25.3 Å². The highest BCUT2D eigenvalue weighted by atomic mass is 19.1. The summed E-state index contributed by atoms with van der Waals surface area (Å²) < 4.78 is 24.1. The molecule has 18 heavy (non-hydrogen) atoms. The second-order valence-corrected chi connectivity index (χ2v) is 4.31. The van der Waals surface area contributed by atoms with Gasteiger partial charge in [-0.1, -0.05) is 25.5 Å². The molecular formula is C14H17FO3. The lowest BCUT2D eigenvalue weighted by molar-refractivity contribution is -0.0272. The van der Waals surface area contributed by atoms with Crippen LogP contribution in [0.25, 0.3) is 11.0 Å². The van der Waals surface area contributed by atoms with Crippen molar-refractivity contribution >= 4 is 11.0 Å². The first-order valence-electron chi connectivity index (χ1n) is 6.06. The Kier molecular flexibility index (Phi) is 3.99. The summed E-state index contributed by atoms with van der Waals surface area (Å²) in [5.41, 5.74) is 0.179. The molecule has 0 saturated carbocycles. The molecule has 2 atom stereocenters. The number of fused-ring (bicyclic) bond motifs is 1. The van der Waals surface area contributed by atoms with Crippen LogP contribution in [0.15, 0.2) is 28.7 Å². The maximum absolute atomic E-state index is 13.5. The molecule has 0 bridgehead atoms. The number of halogens is 1. The molecule has 1 N–H and O–H groups in total. The van der Waals surface area contributed by atoms with E-state index >= 15 is 0 Å². The Morgan fingerprint density at radius 1 is 1.44 bits per heavy atom. The lowest BCUT2D eigenvalue weighted by Gasteiger charge is -2.18. The molecule has 2 rings (SSSR count). The Labute approximate surface area is 105 Å². The van der Waals surface area contributed by atoms with E-state index in [9.17, 15) is 9.50 Å². The van der Waals surface area contributed by atoms with Crippen LogP contribution in [-0.4, -0.2) is 18.3 Å². The largest absolute Gasteiger partial charge is 0.455 e. The average Bonchev–Trinajstić information content (AvgIpc) is 2.80. The van der Waals surface area contributed by atoms with Crippen molar-refractivity contribution in [2.75, 3.05) is 7.11 Å². The molecule has 1 aromatic carbocycles. The van der Waals surface area contributed by atoms with Gasteiger partial charge in [0, 0.05) is 12.5 Å². The highest BCUT2D eigenvalue weighted by molar-refractivity contribution is 5.78. The van der Waals surface area contributed by atoms with Gasteiger partial charge in [-0.15, -0.1) is 0 Å². The molecule has 2 unspecified atom stereocenters. The summed E-state index contributed by atoms with van der Waals surface area (Å²) in [7, 11) is 1.55. The van der Waals surface area contributed by atoms with Gasteiger partial charge in [-0.3, -0.25) is 0 Å². The fourth-order valence-corrected chi connectivity index (χ4v) is 2.07. The summed E-state index contributed by atoms with van der Waals surface area (Å²) in [6.45, 7) is 2.01. The van der Waals surface area contributed by atoms with Gasteiger partial charge in [0.2, 0.25) is 0 Å². The zero-order chi connectivity index (χ0) is 13.1. The molecule has 0 amide bonds. The van der Waals surface area contributed by atoms with Crippen molar-refractivity contribution in [1.82, 2.24) is 0 Å². The summed E-state index contributed by atoms with van der Waals surface area (Å²) in [5.74, 6) is -0.0780. The number of aliphatic hydroxyl groups is 1. The average molecular weight is 252 g/mol. The minimum absolute atomic E-state index is 0.179. The first-order valence-corrected chi connectivity index (χ1v) is 6.06. The molecule has 1 aromatic heterocycles. The number of para-hydroxylation sites is 1. The molecule has 1 heterocycles. The number of ether oxygens (including phenoxy) is 1. The van der Waals surface area contributed by atoms with Gasteiger partial charge < -0.3 is 14.3 Å². The molecule has 0 radical (unpaired) electrons. The smallest absolute Gasteiger partial charge is 0.170 e. The van der Waals surface area contributed by atoms with Gasteiger partial charge in [0.15, 0.2) is 11.4 Å². The Bertz CT molecular complexity index is 521. The van der Waals surface area contributed by atoms with Gasteiger partial charge in [0.05, 0.1) is 6.10 Å². The highest BCUT2D eigenvalue weighted by Gasteiger charge is 2.23. The van der Waals surface area contributed by atoms with Crippen LogP contribution in [0, 0.1) is 5.82 Å². The highest BCUT2D eigenvalue weighted by Crippen LogP contribution is 2.29. The van der Waals surface area contributed by atoms with Crippen molar-refractivity contribution in [3.05, 3.63) is 35.8 Å². The van der Waals surface area contributed by atoms with E-state index < -0.39 is 11.9 Å². The van der Waals surface area contributed by atoms with Crippen molar-refractivity contribution in [2.45, 2.75) is 32.0 Å².